The fourth-order valence-electron chi connectivity index (χ4n) is 1.08. The Morgan fingerprint density at radius 3 is 2.67 bits per heavy atom. The summed E-state index contributed by atoms with van der Waals surface area (Å²) in [7, 11) is 0. The molecule has 0 bridgehead atoms. The van der Waals surface area contributed by atoms with Crippen LogP contribution >= 0.6 is 0 Å². The standard InChI is InChI=1S/C10H10N2O3/c1-7(2)15-10-4-3-9(12(13)14)5-8(10)6-11/h3-5,7H,1-2H3. The third kappa shape index (κ3) is 2.68. The molecular formula is C10H10N2O3. The Hall–Kier alpha value is -2.09. The Bertz CT molecular complexity index is 421. The molecule has 0 amide bonds. The minimum Gasteiger partial charge on any atom is -0.490 e. The van der Waals surface area contributed by atoms with Crippen LogP contribution in [0.4, 0.5) is 5.69 Å². The minimum atomic E-state index is -0.542. The number of nitro benzene ring substituents is 1. The average molecular weight is 206 g/mol. The van der Waals surface area contributed by atoms with Gasteiger partial charge in [0.1, 0.15) is 17.4 Å². The van der Waals surface area contributed by atoms with Crippen LogP contribution in [-0.4, -0.2) is 11.0 Å². The molecule has 0 fully saturated rings. The molecule has 1 aromatic rings. The second kappa shape index (κ2) is 4.42. The van der Waals surface area contributed by atoms with Crippen molar-refractivity contribution < 1.29 is 9.66 Å². The molecule has 0 saturated heterocycles. The molecule has 1 aromatic carbocycles. The topological polar surface area (TPSA) is 76.2 Å². The molecular weight excluding hydrogens is 196 g/mol. The number of benzene rings is 1. The lowest BCUT2D eigenvalue weighted by molar-refractivity contribution is -0.384. The van der Waals surface area contributed by atoms with Crippen molar-refractivity contribution in [1.29, 1.82) is 5.26 Å². The zero-order valence-electron chi connectivity index (χ0n) is 8.43. The molecule has 0 aliphatic carbocycles. The number of nitro groups is 1. The molecule has 0 aliphatic rings. The van der Waals surface area contributed by atoms with Crippen molar-refractivity contribution in [2.75, 3.05) is 0 Å². The summed E-state index contributed by atoms with van der Waals surface area (Å²) in [6.45, 7) is 3.64. The summed E-state index contributed by atoms with van der Waals surface area (Å²) in [6.07, 6.45) is -0.0708. The number of nitrogens with zero attached hydrogens (tertiary/aromatic N) is 2. The second-order valence-electron chi connectivity index (χ2n) is 3.22. The van der Waals surface area contributed by atoms with Crippen LogP contribution in [0.25, 0.3) is 0 Å². The van der Waals surface area contributed by atoms with E-state index in [1.807, 2.05) is 19.9 Å². The van der Waals surface area contributed by atoms with Crippen molar-refractivity contribution in [2.24, 2.45) is 0 Å². The van der Waals surface area contributed by atoms with Gasteiger partial charge in [0.25, 0.3) is 5.69 Å². The quantitative estimate of drug-likeness (QED) is 0.561. The van der Waals surface area contributed by atoms with Crippen LogP contribution < -0.4 is 4.74 Å². The lowest BCUT2D eigenvalue weighted by Gasteiger charge is -2.10. The van der Waals surface area contributed by atoms with Crippen molar-refractivity contribution in [2.45, 2.75) is 20.0 Å². The van der Waals surface area contributed by atoms with Crippen molar-refractivity contribution in [3.8, 4) is 11.8 Å². The van der Waals surface area contributed by atoms with Crippen molar-refractivity contribution in [3.05, 3.63) is 33.9 Å². The van der Waals surface area contributed by atoms with Crippen LogP contribution in [0, 0.1) is 21.4 Å². The van der Waals surface area contributed by atoms with Gasteiger partial charge in [-0.25, -0.2) is 0 Å². The first-order valence-electron chi connectivity index (χ1n) is 4.39. The highest BCUT2D eigenvalue weighted by Crippen LogP contribution is 2.24. The van der Waals surface area contributed by atoms with Crippen LogP contribution in [-0.2, 0) is 0 Å². The number of nitriles is 1. The summed E-state index contributed by atoms with van der Waals surface area (Å²) in [5.74, 6) is 0.373. The van der Waals surface area contributed by atoms with Gasteiger partial charge in [-0.15, -0.1) is 0 Å². The highest BCUT2D eigenvalue weighted by molar-refractivity contribution is 5.50. The maximum Gasteiger partial charge on any atom is 0.271 e. The summed E-state index contributed by atoms with van der Waals surface area (Å²) >= 11 is 0. The molecule has 5 nitrogen and oxygen atoms in total. The SMILES string of the molecule is CC(C)Oc1ccc([N+](=O)[O-])cc1C#N. The van der Waals surface area contributed by atoms with Gasteiger partial charge in [-0.05, 0) is 19.9 Å². The molecule has 0 spiro atoms. The zero-order valence-corrected chi connectivity index (χ0v) is 8.43. The monoisotopic (exact) mass is 206 g/mol. The maximum atomic E-state index is 10.5. The van der Waals surface area contributed by atoms with E-state index in [4.69, 9.17) is 10.00 Å². The Morgan fingerprint density at radius 1 is 1.53 bits per heavy atom. The summed E-state index contributed by atoms with van der Waals surface area (Å²) in [5, 5.41) is 19.2. The third-order valence-electron chi connectivity index (χ3n) is 1.66. The molecule has 0 unspecified atom stereocenters. The number of non-ortho nitro benzene ring substituents is 1. The number of ether oxygens (including phenoxy) is 1. The van der Waals surface area contributed by atoms with Crippen LogP contribution in [0.1, 0.15) is 19.4 Å². The van der Waals surface area contributed by atoms with Crippen molar-refractivity contribution in [3.63, 3.8) is 0 Å². The van der Waals surface area contributed by atoms with E-state index in [0.717, 1.165) is 0 Å². The molecule has 0 aliphatic heterocycles. The summed E-state index contributed by atoms with van der Waals surface area (Å²) in [6, 6.07) is 5.83. The van der Waals surface area contributed by atoms with E-state index >= 15 is 0 Å². The minimum absolute atomic E-state index is 0.0708. The largest absolute Gasteiger partial charge is 0.490 e. The Morgan fingerprint density at radius 2 is 2.20 bits per heavy atom. The predicted octanol–water partition coefficient (Wildman–Crippen LogP) is 2.25. The van der Waals surface area contributed by atoms with E-state index in [9.17, 15) is 10.1 Å². The van der Waals surface area contributed by atoms with Gasteiger partial charge in [0.05, 0.1) is 11.0 Å². The highest BCUT2D eigenvalue weighted by atomic mass is 16.6. The summed E-state index contributed by atoms with van der Waals surface area (Å²) in [4.78, 5) is 9.92. The fraction of sp³-hybridized carbons (Fsp3) is 0.300. The Labute approximate surface area is 87.1 Å². The molecule has 0 heterocycles. The fourth-order valence-corrected chi connectivity index (χ4v) is 1.08. The van der Waals surface area contributed by atoms with Crippen molar-refractivity contribution >= 4 is 5.69 Å². The van der Waals surface area contributed by atoms with Gasteiger partial charge in [-0.2, -0.15) is 5.26 Å². The lowest BCUT2D eigenvalue weighted by Crippen LogP contribution is -2.06. The van der Waals surface area contributed by atoms with Crippen LogP contribution in [0.3, 0.4) is 0 Å². The molecule has 0 N–H and O–H groups in total. The highest BCUT2D eigenvalue weighted by Gasteiger charge is 2.12. The predicted molar refractivity (Wildman–Crippen MR) is 53.6 cm³/mol. The van der Waals surface area contributed by atoms with Crippen LogP contribution in [0.15, 0.2) is 18.2 Å². The smallest absolute Gasteiger partial charge is 0.271 e. The first-order valence-corrected chi connectivity index (χ1v) is 4.39. The number of hydrogen-bond donors (Lipinski definition) is 0. The summed E-state index contributed by atoms with van der Waals surface area (Å²) < 4.78 is 5.33. The molecule has 0 radical (unpaired) electrons. The number of hydrogen-bond acceptors (Lipinski definition) is 4. The molecule has 78 valence electrons. The van der Waals surface area contributed by atoms with E-state index in [1.165, 1.54) is 18.2 Å². The lowest BCUT2D eigenvalue weighted by atomic mass is 10.2. The van der Waals surface area contributed by atoms with E-state index in [1.54, 1.807) is 0 Å². The summed E-state index contributed by atoms with van der Waals surface area (Å²) in [5.41, 5.74) is 0.0700. The van der Waals surface area contributed by atoms with Gasteiger partial charge in [0.2, 0.25) is 0 Å². The van der Waals surface area contributed by atoms with E-state index in [0.29, 0.717) is 5.75 Å². The second-order valence-corrected chi connectivity index (χ2v) is 3.22. The van der Waals surface area contributed by atoms with E-state index < -0.39 is 4.92 Å². The van der Waals surface area contributed by atoms with Gasteiger partial charge >= 0.3 is 0 Å². The first-order chi connectivity index (χ1) is 7.04. The Balaban J connectivity index is 3.11. The van der Waals surface area contributed by atoms with E-state index in [-0.39, 0.29) is 17.4 Å². The van der Waals surface area contributed by atoms with E-state index in [2.05, 4.69) is 0 Å². The molecule has 0 atom stereocenters. The molecule has 0 saturated carbocycles. The van der Waals surface area contributed by atoms with Crippen LogP contribution in [0.2, 0.25) is 0 Å². The normalized spacial score (nSPS) is 9.73. The number of rotatable bonds is 3. The zero-order chi connectivity index (χ0) is 11.4. The average Bonchev–Trinajstić information content (AvgIpc) is 2.17. The molecule has 0 aromatic heterocycles. The van der Waals surface area contributed by atoms with Gasteiger partial charge in [-0.3, -0.25) is 10.1 Å². The molecule has 1 rings (SSSR count). The van der Waals surface area contributed by atoms with Crippen molar-refractivity contribution in [1.82, 2.24) is 0 Å². The van der Waals surface area contributed by atoms with Gasteiger partial charge in [-0.1, -0.05) is 0 Å². The van der Waals surface area contributed by atoms with Gasteiger partial charge in [0.15, 0.2) is 0 Å². The molecule has 15 heavy (non-hydrogen) atoms. The third-order valence-corrected chi connectivity index (χ3v) is 1.66. The maximum absolute atomic E-state index is 10.5. The van der Waals surface area contributed by atoms with Crippen LogP contribution in [0.5, 0.6) is 5.75 Å². The molecule has 5 heteroatoms. The van der Waals surface area contributed by atoms with Gasteiger partial charge in [0, 0.05) is 12.1 Å². The Kier molecular flexibility index (Phi) is 3.24. The van der Waals surface area contributed by atoms with Gasteiger partial charge < -0.3 is 4.74 Å². The first kappa shape index (κ1) is 11.0.